The molecule has 1 N–H and O–H groups in total. The van der Waals surface area contributed by atoms with E-state index in [4.69, 9.17) is 0 Å². The molecule has 6 heteroatoms. The molecule has 1 aromatic heterocycles. The molecule has 0 spiro atoms. The molecule has 2 heterocycles. The standard InChI is InChI=1S/C20H20N4O2/c25-19-9-4-10-23(19)11-12-24-14-16(13-21-24)22-20(26)18-8-3-6-15-5-1-2-7-17(15)18/h1-3,5-8,13-14H,4,9-12H2,(H,22,26). The van der Waals surface area contributed by atoms with Crippen LogP contribution in [0.25, 0.3) is 10.8 Å². The number of hydrogen-bond donors (Lipinski definition) is 1. The van der Waals surface area contributed by atoms with Crippen molar-refractivity contribution in [2.45, 2.75) is 19.4 Å². The van der Waals surface area contributed by atoms with Gasteiger partial charge in [-0.2, -0.15) is 5.10 Å². The van der Waals surface area contributed by atoms with Crippen LogP contribution in [0, 0.1) is 0 Å². The zero-order valence-corrected chi connectivity index (χ0v) is 14.4. The number of nitrogens with one attached hydrogen (secondary N) is 1. The summed E-state index contributed by atoms with van der Waals surface area (Å²) in [6.45, 7) is 2.10. The number of aromatic nitrogens is 2. The molecule has 0 bridgehead atoms. The van der Waals surface area contributed by atoms with Crippen molar-refractivity contribution in [3.8, 4) is 0 Å². The van der Waals surface area contributed by atoms with Crippen molar-refractivity contribution in [3.05, 3.63) is 60.4 Å². The Hall–Kier alpha value is -3.15. The second-order valence-electron chi connectivity index (χ2n) is 6.46. The predicted molar refractivity (Wildman–Crippen MR) is 99.9 cm³/mol. The molecule has 3 aromatic rings. The van der Waals surface area contributed by atoms with E-state index in [-0.39, 0.29) is 11.8 Å². The molecule has 0 unspecified atom stereocenters. The molecule has 26 heavy (non-hydrogen) atoms. The molecule has 0 aliphatic carbocycles. The minimum absolute atomic E-state index is 0.156. The van der Waals surface area contributed by atoms with Crippen molar-refractivity contribution in [1.29, 1.82) is 0 Å². The van der Waals surface area contributed by atoms with Crippen LogP contribution < -0.4 is 5.32 Å². The summed E-state index contributed by atoms with van der Waals surface area (Å²) in [7, 11) is 0. The molecule has 6 nitrogen and oxygen atoms in total. The molecule has 0 atom stereocenters. The summed E-state index contributed by atoms with van der Waals surface area (Å²) in [4.78, 5) is 26.2. The Morgan fingerprint density at radius 2 is 1.96 bits per heavy atom. The first kappa shape index (κ1) is 16.3. The lowest BCUT2D eigenvalue weighted by Gasteiger charge is -2.14. The summed E-state index contributed by atoms with van der Waals surface area (Å²) < 4.78 is 1.75. The summed E-state index contributed by atoms with van der Waals surface area (Å²) in [5.74, 6) is 0.0534. The summed E-state index contributed by atoms with van der Waals surface area (Å²) in [6, 6.07) is 13.5. The number of benzene rings is 2. The second kappa shape index (κ2) is 7.00. The maximum Gasteiger partial charge on any atom is 0.256 e. The van der Waals surface area contributed by atoms with Crippen LogP contribution in [0.15, 0.2) is 54.9 Å². The highest BCUT2D eigenvalue weighted by molar-refractivity contribution is 6.12. The Kier molecular flexibility index (Phi) is 4.39. The van der Waals surface area contributed by atoms with E-state index in [0.717, 1.165) is 23.7 Å². The fourth-order valence-electron chi connectivity index (χ4n) is 3.34. The smallest absolute Gasteiger partial charge is 0.256 e. The largest absolute Gasteiger partial charge is 0.341 e. The molecular formula is C20H20N4O2. The zero-order chi connectivity index (χ0) is 17.9. The van der Waals surface area contributed by atoms with Gasteiger partial charge in [0.25, 0.3) is 5.91 Å². The predicted octanol–water partition coefficient (Wildman–Crippen LogP) is 2.91. The van der Waals surface area contributed by atoms with Gasteiger partial charge in [-0.05, 0) is 23.3 Å². The number of nitrogens with zero attached hydrogens (tertiary/aromatic N) is 3. The van der Waals surface area contributed by atoms with Crippen molar-refractivity contribution in [3.63, 3.8) is 0 Å². The second-order valence-corrected chi connectivity index (χ2v) is 6.46. The van der Waals surface area contributed by atoms with Crippen molar-refractivity contribution in [2.24, 2.45) is 0 Å². The average Bonchev–Trinajstić information content (AvgIpc) is 3.28. The molecule has 4 rings (SSSR count). The van der Waals surface area contributed by atoms with Gasteiger partial charge >= 0.3 is 0 Å². The van der Waals surface area contributed by atoms with E-state index in [1.54, 1.807) is 17.1 Å². The van der Waals surface area contributed by atoms with Crippen LogP contribution in [0.2, 0.25) is 0 Å². The van der Waals surface area contributed by atoms with Crippen LogP contribution in [0.5, 0.6) is 0 Å². The Morgan fingerprint density at radius 1 is 1.12 bits per heavy atom. The van der Waals surface area contributed by atoms with Gasteiger partial charge in [0.05, 0.1) is 18.4 Å². The van der Waals surface area contributed by atoms with Gasteiger partial charge < -0.3 is 10.2 Å². The lowest BCUT2D eigenvalue weighted by molar-refractivity contribution is -0.127. The number of carbonyl (C=O) groups excluding carboxylic acids is 2. The molecule has 1 saturated heterocycles. The van der Waals surface area contributed by atoms with E-state index in [2.05, 4.69) is 10.4 Å². The van der Waals surface area contributed by atoms with Gasteiger partial charge in [0.15, 0.2) is 0 Å². The van der Waals surface area contributed by atoms with Crippen molar-refractivity contribution in [1.82, 2.24) is 14.7 Å². The third-order valence-electron chi connectivity index (χ3n) is 4.70. The fourth-order valence-corrected chi connectivity index (χ4v) is 3.34. The number of amides is 2. The Bertz CT molecular complexity index is 958. The molecule has 1 aliphatic rings. The first-order valence-electron chi connectivity index (χ1n) is 8.80. The van der Waals surface area contributed by atoms with E-state index in [1.165, 1.54) is 0 Å². The number of hydrogen-bond acceptors (Lipinski definition) is 3. The zero-order valence-electron chi connectivity index (χ0n) is 14.4. The molecule has 2 aromatic carbocycles. The van der Waals surface area contributed by atoms with Crippen molar-refractivity contribution in [2.75, 3.05) is 18.4 Å². The maximum atomic E-state index is 12.6. The van der Waals surface area contributed by atoms with Crippen LogP contribution in [0.1, 0.15) is 23.2 Å². The summed E-state index contributed by atoms with van der Waals surface area (Å²) >= 11 is 0. The Morgan fingerprint density at radius 3 is 2.81 bits per heavy atom. The van der Waals surface area contributed by atoms with Crippen molar-refractivity contribution >= 4 is 28.3 Å². The lowest BCUT2D eigenvalue weighted by atomic mass is 10.0. The average molecular weight is 348 g/mol. The van der Waals surface area contributed by atoms with Crippen LogP contribution in [-0.4, -0.2) is 39.6 Å². The SMILES string of the molecule is O=C(Nc1cnn(CCN2CCCC2=O)c1)c1cccc2ccccc12. The minimum Gasteiger partial charge on any atom is -0.341 e. The number of anilines is 1. The van der Waals surface area contributed by atoms with Gasteiger partial charge in [-0.25, -0.2) is 0 Å². The topological polar surface area (TPSA) is 67.2 Å². The van der Waals surface area contributed by atoms with E-state index < -0.39 is 0 Å². The number of fused-ring (bicyclic) bond motifs is 1. The normalized spacial score (nSPS) is 14.2. The van der Waals surface area contributed by atoms with Crippen LogP contribution in [0.4, 0.5) is 5.69 Å². The molecule has 1 aliphatic heterocycles. The van der Waals surface area contributed by atoms with Gasteiger partial charge in [0.2, 0.25) is 5.91 Å². The summed E-state index contributed by atoms with van der Waals surface area (Å²) in [5, 5.41) is 9.14. The van der Waals surface area contributed by atoms with Gasteiger partial charge in [-0.3, -0.25) is 14.3 Å². The summed E-state index contributed by atoms with van der Waals surface area (Å²) in [6.07, 6.45) is 5.01. The van der Waals surface area contributed by atoms with E-state index >= 15 is 0 Å². The third kappa shape index (κ3) is 3.31. The first-order chi connectivity index (χ1) is 12.7. The minimum atomic E-state index is -0.156. The molecule has 0 radical (unpaired) electrons. The Labute approximate surface area is 151 Å². The number of carbonyl (C=O) groups is 2. The molecule has 1 fully saturated rings. The highest BCUT2D eigenvalue weighted by atomic mass is 16.2. The van der Waals surface area contributed by atoms with E-state index in [0.29, 0.717) is 30.8 Å². The van der Waals surface area contributed by atoms with Gasteiger partial charge in [0.1, 0.15) is 0 Å². The van der Waals surface area contributed by atoms with Gasteiger partial charge in [-0.15, -0.1) is 0 Å². The molecule has 132 valence electrons. The van der Waals surface area contributed by atoms with Crippen LogP contribution in [-0.2, 0) is 11.3 Å². The molecular weight excluding hydrogens is 328 g/mol. The van der Waals surface area contributed by atoms with Crippen LogP contribution >= 0.6 is 0 Å². The fraction of sp³-hybridized carbons (Fsp3) is 0.250. The number of likely N-dealkylation sites (tertiary alicyclic amines) is 1. The Balaban J connectivity index is 1.43. The monoisotopic (exact) mass is 348 g/mol. The lowest BCUT2D eigenvalue weighted by Crippen LogP contribution is -2.28. The van der Waals surface area contributed by atoms with E-state index in [1.807, 2.05) is 47.4 Å². The highest BCUT2D eigenvalue weighted by Gasteiger charge is 2.19. The van der Waals surface area contributed by atoms with Crippen molar-refractivity contribution < 1.29 is 9.59 Å². The molecule has 2 amide bonds. The quantitative estimate of drug-likeness (QED) is 0.771. The molecule has 0 saturated carbocycles. The highest BCUT2D eigenvalue weighted by Crippen LogP contribution is 2.20. The van der Waals surface area contributed by atoms with Gasteiger partial charge in [0, 0.05) is 31.3 Å². The van der Waals surface area contributed by atoms with Gasteiger partial charge in [-0.1, -0.05) is 36.4 Å². The third-order valence-corrected chi connectivity index (χ3v) is 4.70. The maximum absolute atomic E-state index is 12.6. The first-order valence-corrected chi connectivity index (χ1v) is 8.80. The van der Waals surface area contributed by atoms with E-state index in [9.17, 15) is 9.59 Å². The summed E-state index contributed by atoms with van der Waals surface area (Å²) in [5.41, 5.74) is 1.29. The van der Waals surface area contributed by atoms with Crippen LogP contribution in [0.3, 0.4) is 0 Å². The number of rotatable bonds is 5.